The first-order chi connectivity index (χ1) is 23.2. The molecule has 6 rings (SSSR count). The summed E-state index contributed by atoms with van der Waals surface area (Å²) in [5.74, 6) is 1.90. The zero-order chi connectivity index (χ0) is 33.7. The molecule has 5 N–H and O–H groups in total. The van der Waals surface area contributed by atoms with Gasteiger partial charge in [0.15, 0.2) is 5.65 Å². The number of nitrogens with two attached hydrogens (primary N) is 1. The van der Waals surface area contributed by atoms with Gasteiger partial charge in [-0.15, -0.1) is 10.2 Å². The maximum Gasteiger partial charge on any atom is 0.320 e. The average Bonchev–Trinajstić information content (AvgIpc) is 3.71. The molecule has 48 heavy (non-hydrogen) atoms. The van der Waals surface area contributed by atoms with Gasteiger partial charge in [0.25, 0.3) is 0 Å². The van der Waals surface area contributed by atoms with Gasteiger partial charge < -0.3 is 25.8 Å². The number of anilines is 1. The molecule has 4 heterocycles. The van der Waals surface area contributed by atoms with Crippen LogP contribution in [-0.2, 0) is 6.54 Å². The second-order valence-corrected chi connectivity index (χ2v) is 13.5. The van der Waals surface area contributed by atoms with Gasteiger partial charge >= 0.3 is 6.03 Å². The van der Waals surface area contributed by atoms with Crippen molar-refractivity contribution in [3.05, 3.63) is 77.9 Å². The standard InChI is InChI=1S/C35H46N10O3/c1-35(2,3)30(36)20-31(38-24-21-37-44(22-24)18-9-19-46)40-33(47)39-28-13-14-29(27-11-6-5-10-26(27)28)48-25-12-15-32-41-42-34(45(32)23-25)43-16-7-4-8-17-43/h5-6,10-12,15,20-23,28-29,46H,4,7-9,13-14,16-19,36H2,1-3H3,(H2,38,39,40,47)/t28?,29-/m1/s1. The largest absolute Gasteiger partial charge is 0.484 e. The fraction of sp³-hybridized carbons (Fsp3) is 0.457. The number of fused-ring (bicyclic) bond motifs is 2. The Balaban J connectivity index is 1.17. The number of carbonyl (C=O) groups is 1. The molecular formula is C35H46N10O3. The smallest absolute Gasteiger partial charge is 0.320 e. The summed E-state index contributed by atoms with van der Waals surface area (Å²) in [5.41, 5.74) is 10.0. The molecule has 4 aromatic rings. The SMILES string of the molecule is CC(C)(C)C(N)=CC(=Nc1cnn(CCCO)c1)NC(=O)NC1CC[C@@H](Oc2ccc3nnc(N4CCCCC4)n3c2)c2ccccc21. The molecule has 1 saturated heterocycles. The molecule has 13 heteroatoms. The lowest BCUT2D eigenvalue weighted by Gasteiger charge is -2.32. The molecule has 1 aliphatic carbocycles. The first kappa shape index (κ1) is 33.0. The number of nitrogens with zero attached hydrogens (tertiary/aromatic N) is 7. The number of aryl methyl sites for hydroxylation is 1. The van der Waals surface area contributed by atoms with Gasteiger partial charge in [-0.1, -0.05) is 45.0 Å². The number of aliphatic hydroxyl groups is 1. The van der Waals surface area contributed by atoms with Gasteiger partial charge in [0.2, 0.25) is 5.95 Å². The third-order valence-electron chi connectivity index (χ3n) is 8.83. The molecule has 0 radical (unpaired) electrons. The number of piperidine rings is 1. The van der Waals surface area contributed by atoms with Crippen LogP contribution >= 0.6 is 0 Å². The van der Waals surface area contributed by atoms with Crippen molar-refractivity contribution >= 4 is 29.1 Å². The van der Waals surface area contributed by atoms with Crippen molar-refractivity contribution in [2.45, 2.75) is 78.0 Å². The van der Waals surface area contributed by atoms with E-state index in [9.17, 15) is 4.79 Å². The first-order valence-corrected chi connectivity index (χ1v) is 16.8. The number of rotatable bonds is 9. The number of hydrogen-bond donors (Lipinski definition) is 4. The Bertz CT molecular complexity index is 1780. The topological polar surface area (TPSA) is 160 Å². The molecule has 254 valence electrons. The quantitative estimate of drug-likeness (QED) is 0.142. The Morgan fingerprint density at radius 3 is 2.65 bits per heavy atom. The summed E-state index contributed by atoms with van der Waals surface area (Å²) >= 11 is 0. The highest BCUT2D eigenvalue weighted by atomic mass is 16.5. The lowest BCUT2D eigenvalue weighted by Crippen LogP contribution is -2.42. The van der Waals surface area contributed by atoms with Crippen LogP contribution in [0.4, 0.5) is 16.4 Å². The molecule has 2 atom stereocenters. The summed E-state index contributed by atoms with van der Waals surface area (Å²) in [6, 6.07) is 11.4. The van der Waals surface area contributed by atoms with Gasteiger partial charge in [-0.3, -0.25) is 14.4 Å². The zero-order valence-corrected chi connectivity index (χ0v) is 28.0. The molecule has 2 amide bonds. The second-order valence-electron chi connectivity index (χ2n) is 13.5. The van der Waals surface area contributed by atoms with Gasteiger partial charge in [-0.2, -0.15) is 5.10 Å². The minimum absolute atomic E-state index is 0.0755. The van der Waals surface area contributed by atoms with E-state index in [1.165, 1.54) is 6.42 Å². The van der Waals surface area contributed by atoms with E-state index in [-0.39, 0.29) is 30.2 Å². The second kappa shape index (κ2) is 14.5. The molecule has 13 nitrogen and oxygen atoms in total. The van der Waals surface area contributed by atoms with Crippen LogP contribution in [0.3, 0.4) is 0 Å². The Morgan fingerprint density at radius 1 is 1.08 bits per heavy atom. The number of pyridine rings is 1. The molecular weight excluding hydrogens is 608 g/mol. The number of amides is 2. The van der Waals surface area contributed by atoms with E-state index >= 15 is 0 Å². The molecule has 0 spiro atoms. The number of amidine groups is 1. The van der Waals surface area contributed by atoms with Crippen LogP contribution in [0.5, 0.6) is 5.75 Å². The van der Waals surface area contributed by atoms with E-state index in [1.54, 1.807) is 23.2 Å². The van der Waals surface area contributed by atoms with E-state index < -0.39 is 0 Å². The summed E-state index contributed by atoms with van der Waals surface area (Å²) in [7, 11) is 0. The van der Waals surface area contributed by atoms with Crippen LogP contribution < -0.4 is 26.0 Å². The molecule has 1 fully saturated rings. The van der Waals surface area contributed by atoms with Crippen molar-refractivity contribution in [3.63, 3.8) is 0 Å². The van der Waals surface area contributed by atoms with Crippen molar-refractivity contribution in [1.82, 2.24) is 35.0 Å². The number of urea groups is 1. The molecule has 1 aliphatic heterocycles. The Kier molecular flexibility index (Phi) is 9.95. The van der Waals surface area contributed by atoms with E-state index in [4.69, 9.17) is 15.6 Å². The number of aromatic nitrogens is 5. The van der Waals surface area contributed by atoms with Crippen LogP contribution in [-0.4, -0.2) is 61.0 Å². The normalized spacial score (nSPS) is 18.9. The number of allylic oxidation sites excluding steroid dienone is 1. The molecule has 1 aromatic carbocycles. The van der Waals surface area contributed by atoms with Crippen LogP contribution in [0, 0.1) is 5.41 Å². The van der Waals surface area contributed by atoms with Crippen LogP contribution in [0.1, 0.15) is 82.6 Å². The van der Waals surface area contributed by atoms with Crippen molar-refractivity contribution in [1.29, 1.82) is 0 Å². The van der Waals surface area contributed by atoms with Gasteiger partial charge in [-0.25, -0.2) is 9.79 Å². The summed E-state index contributed by atoms with van der Waals surface area (Å²) in [6.45, 7) is 8.60. The summed E-state index contributed by atoms with van der Waals surface area (Å²) in [6.07, 6.45) is 12.4. The van der Waals surface area contributed by atoms with Crippen molar-refractivity contribution in [2.75, 3.05) is 24.6 Å². The molecule has 3 aromatic heterocycles. The monoisotopic (exact) mass is 654 g/mol. The predicted molar refractivity (Wildman–Crippen MR) is 185 cm³/mol. The molecule has 2 aliphatic rings. The number of benzene rings is 1. The fourth-order valence-corrected chi connectivity index (χ4v) is 6.10. The van der Waals surface area contributed by atoms with E-state index in [0.717, 1.165) is 54.4 Å². The fourth-order valence-electron chi connectivity index (χ4n) is 6.10. The van der Waals surface area contributed by atoms with Crippen molar-refractivity contribution in [3.8, 4) is 5.75 Å². The zero-order valence-electron chi connectivity index (χ0n) is 28.0. The maximum absolute atomic E-state index is 13.5. The minimum atomic E-state index is -0.387. The van der Waals surface area contributed by atoms with Gasteiger partial charge in [0, 0.05) is 43.4 Å². The number of nitrogens with one attached hydrogen (secondary N) is 2. The molecule has 0 saturated carbocycles. The lowest BCUT2D eigenvalue weighted by atomic mass is 9.85. The first-order valence-electron chi connectivity index (χ1n) is 16.8. The summed E-state index contributed by atoms with van der Waals surface area (Å²) < 4.78 is 10.3. The van der Waals surface area contributed by atoms with Gasteiger partial charge in [0.1, 0.15) is 23.4 Å². The van der Waals surface area contributed by atoms with Crippen molar-refractivity contribution < 1.29 is 14.6 Å². The number of aliphatic hydroxyl groups excluding tert-OH is 1. The summed E-state index contributed by atoms with van der Waals surface area (Å²) in [5, 5.41) is 28.4. The van der Waals surface area contributed by atoms with Gasteiger partial charge in [-0.05, 0) is 61.8 Å². The number of carbonyl (C=O) groups excluding carboxylic acids is 1. The minimum Gasteiger partial charge on any atom is -0.484 e. The third-order valence-corrected chi connectivity index (χ3v) is 8.83. The van der Waals surface area contributed by atoms with E-state index in [1.807, 2.05) is 61.7 Å². The number of aliphatic imine (C=N–C) groups is 1. The number of hydrogen-bond acceptors (Lipinski definition) is 9. The maximum atomic E-state index is 13.5. The lowest BCUT2D eigenvalue weighted by molar-refractivity contribution is 0.171. The highest BCUT2D eigenvalue weighted by Gasteiger charge is 2.30. The molecule has 0 bridgehead atoms. The average molecular weight is 655 g/mol. The predicted octanol–water partition coefficient (Wildman–Crippen LogP) is 5.17. The Labute approximate surface area is 280 Å². The summed E-state index contributed by atoms with van der Waals surface area (Å²) in [4.78, 5) is 20.4. The Hall–Kier alpha value is -4.91. The van der Waals surface area contributed by atoms with Crippen LogP contribution in [0.2, 0.25) is 0 Å². The highest BCUT2D eigenvalue weighted by molar-refractivity contribution is 6.05. The van der Waals surface area contributed by atoms with E-state index in [2.05, 4.69) is 41.9 Å². The highest BCUT2D eigenvalue weighted by Crippen LogP contribution is 2.39. The number of ether oxygens (including phenoxy) is 1. The van der Waals surface area contributed by atoms with Crippen molar-refractivity contribution in [2.24, 2.45) is 16.1 Å². The van der Waals surface area contributed by atoms with Crippen LogP contribution in [0.15, 0.2) is 71.8 Å². The Morgan fingerprint density at radius 2 is 1.88 bits per heavy atom. The third kappa shape index (κ3) is 7.79. The van der Waals surface area contributed by atoms with Crippen LogP contribution in [0.25, 0.3) is 5.65 Å². The molecule has 1 unspecified atom stereocenters. The van der Waals surface area contributed by atoms with Gasteiger partial charge in [0.05, 0.1) is 24.6 Å². The van der Waals surface area contributed by atoms with E-state index in [0.29, 0.717) is 43.0 Å².